The molecule has 0 aliphatic heterocycles. The van der Waals surface area contributed by atoms with Crippen LogP contribution in [0.5, 0.6) is 5.75 Å². The molecule has 0 spiro atoms. The predicted octanol–water partition coefficient (Wildman–Crippen LogP) is 20.4. The van der Waals surface area contributed by atoms with Gasteiger partial charge in [-0.15, -0.1) is 0 Å². The van der Waals surface area contributed by atoms with Crippen molar-refractivity contribution in [2.45, 2.75) is 39.5 Å². The zero-order chi connectivity index (χ0) is 66.9. The van der Waals surface area contributed by atoms with Gasteiger partial charge in [-0.25, -0.2) is 39.9 Å². The Morgan fingerprint density at radius 1 is 0.296 bits per heavy atom. The highest BCUT2D eigenvalue weighted by molar-refractivity contribution is 6.30. The van der Waals surface area contributed by atoms with Crippen molar-refractivity contribution in [1.29, 1.82) is 0 Å². The van der Waals surface area contributed by atoms with Crippen molar-refractivity contribution >= 4 is 62.9 Å². The van der Waals surface area contributed by atoms with Crippen molar-refractivity contribution in [1.82, 2.24) is 49.8 Å². The number of hydrogen-bond donors (Lipinski definition) is 1. The molecule has 14 heteroatoms. The summed E-state index contributed by atoms with van der Waals surface area (Å²) in [5.74, 6) is 4.78. The van der Waals surface area contributed by atoms with E-state index in [0.29, 0.717) is 65.4 Å². The molecule has 0 aliphatic carbocycles. The summed E-state index contributed by atoms with van der Waals surface area (Å²) >= 11 is 6.34. The van der Waals surface area contributed by atoms with Crippen LogP contribution in [0.4, 0.5) is 0 Å². The maximum absolute atomic E-state index is 8.88. The Hall–Kier alpha value is -12.0. The smallest absolute Gasteiger partial charge is 0.537 e. The van der Waals surface area contributed by atoms with Crippen LogP contribution in [0.25, 0.3) is 145 Å². The third-order valence-electron chi connectivity index (χ3n) is 16.7. The first-order chi connectivity index (χ1) is 48.1. The summed E-state index contributed by atoms with van der Waals surface area (Å²) in [7, 11) is 0.650. The maximum atomic E-state index is 8.88. The van der Waals surface area contributed by atoms with Crippen LogP contribution in [0.3, 0.4) is 0 Å². The van der Waals surface area contributed by atoms with Crippen LogP contribution >= 0.6 is 11.6 Å². The molecule has 16 rings (SSSR count). The Kier molecular flexibility index (Phi) is 18.7. The molecule has 16 aromatic rings. The molecular weight excluding hydrogens is 1230 g/mol. The standard InChI is InChI=1S/C42H31N5.C21H15BN3O2.C21H17ClN2/c1-27(2)36-24-22-29-21-23-34-35(28-13-6-3-7-14-28)26-37(44-39(34)38(29)43-36)32-19-12-20-33(25-32)42-46-40(30-15-8-4-9-16-30)45-41(47-42)31-17-10-5-11-18-31;26-22-27-18-13-7-12-17(14-18)21-24-19(15-8-3-1-4-9-15)23-20(25-21)16-10-5-2-6-11-16;1-13(2)18-11-9-15-8-10-16-17(14-6-4-3-5-7-14)12-19(22)24-21(16)20(15)23-18/h3-27H,1-2H3;1-14,26H;3-13H,1-2H3. The van der Waals surface area contributed by atoms with Gasteiger partial charge in [0.25, 0.3) is 0 Å². The Morgan fingerprint density at radius 3 is 1.04 bits per heavy atom. The van der Waals surface area contributed by atoms with E-state index in [2.05, 4.69) is 151 Å². The molecule has 471 valence electrons. The number of fused-ring (bicyclic) bond motifs is 6. The van der Waals surface area contributed by atoms with E-state index in [-0.39, 0.29) is 0 Å². The molecule has 0 amide bonds. The van der Waals surface area contributed by atoms with Crippen LogP contribution in [0.1, 0.15) is 50.9 Å². The minimum absolute atomic E-state index is 0.310. The maximum Gasteiger partial charge on any atom is 0.569 e. The minimum atomic E-state index is 0.310. The van der Waals surface area contributed by atoms with E-state index in [1.54, 1.807) is 12.1 Å². The van der Waals surface area contributed by atoms with E-state index in [0.717, 1.165) is 122 Å². The quantitative estimate of drug-likeness (QED) is 0.0663. The van der Waals surface area contributed by atoms with Crippen LogP contribution in [-0.2, 0) is 0 Å². The molecule has 0 aliphatic rings. The lowest BCUT2D eigenvalue weighted by atomic mass is 9.96. The van der Waals surface area contributed by atoms with Crippen molar-refractivity contribution in [3.63, 3.8) is 0 Å². The zero-order valence-electron chi connectivity index (χ0n) is 54.2. The Balaban J connectivity index is 0.000000137. The third-order valence-corrected chi connectivity index (χ3v) is 16.9. The minimum Gasteiger partial charge on any atom is -0.537 e. The molecule has 0 saturated carbocycles. The Bertz CT molecular complexity index is 5380. The molecule has 6 heterocycles. The highest BCUT2D eigenvalue weighted by Gasteiger charge is 2.19. The zero-order valence-corrected chi connectivity index (χ0v) is 54.9. The SMILES string of the molecule is CC(C)c1ccc2ccc3c(-c4ccccc4)cc(-c4cccc(-c5nc(-c6ccccc6)nc(-c6ccccc6)n5)c4)nc3c2n1.CC(C)c1ccc2ccc3c(-c4ccccc4)cc(Cl)nc3c2n1.O[B]Oc1cccc(-c2nc(-c3ccccc3)nc(-c3ccccc3)n2)c1. The molecule has 0 atom stereocenters. The number of pyridine rings is 4. The molecule has 10 aromatic carbocycles. The van der Waals surface area contributed by atoms with E-state index in [4.69, 9.17) is 51.2 Å². The second-order valence-electron chi connectivity index (χ2n) is 24.0. The number of aromatic nitrogens is 10. The predicted molar refractivity (Wildman–Crippen MR) is 398 cm³/mol. The van der Waals surface area contributed by atoms with Crippen molar-refractivity contribution in [2.75, 3.05) is 0 Å². The molecular formula is C84H63BClN10O2. The molecule has 0 fully saturated rings. The number of hydrogen-bond acceptors (Lipinski definition) is 12. The summed E-state index contributed by atoms with van der Waals surface area (Å²) in [5.41, 5.74) is 17.4. The van der Waals surface area contributed by atoms with Gasteiger partial charge >= 0.3 is 7.69 Å². The van der Waals surface area contributed by atoms with E-state index < -0.39 is 0 Å². The van der Waals surface area contributed by atoms with Crippen molar-refractivity contribution in [3.8, 4) is 108 Å². The molecule has 1 N–H and O–H groups in total. The number of benzene rings is 10. The lowest BCUT2D eigenvalue weighted by molar-refractivity contribution is 0.454. The van der Waals surface area contributed by atoms with Gasteiger partial charge in [-0.05, 0) is 76.6 Å². The monoisotopic (exact) mass is 1290 g/mol. The molecule has 98 heavy (non-hydrogen) atoms. The highest BCUT2D eigenvalue weighted by Crippen LogP contribution is 2.38. The van der Waals surface area contributed by atoms with Crippen molar-refractivity contribution < 1.29 is 9.68 Å². The second-order valence-corrected chi connectivity index (χ2v) is 24.4. The molecule has 6 aromatic heterocycles. The third kappa shape index (κ3) is 14.0. The van der Waals surface area contributed by atoms with Gasteiger partial charge in [0.2, 0.25) is 0 Å². The van der Waals surface area contributed by atoms with Crippen LogP contribution in [0, 0.1) is 0 Å². The average molecular weight is 1290 g/mol. The molecule has 12 nitrogen and oxygen atoms in total. The van der Waals surface area contributed by atoms with Gasteiger partial charge in [0.1, 0.15) is 10.9 Å². The fraction of sp³-hybridized carbons (Fsp3) is 0.0714. The van der Waals surface area contributed by atoms with Crippen LogP contribution in [0.15, 0.2) is 291 Å². The molecule has 0 bridgehead atoms. The second kappa shape index (κ2) is 28.9. The van der Waals surface area contributed by atoms with Gasteiger partial charge in [0, 0.05) is 71.9 Å². The average Bonchev–Trinajstić information content (AvgIpc) is 0.764. The van der Waals surface area contributed by atoms with Crippen molar-refractivity contribution in [3.05, 3.63) is 308 Å². The van der Waals surface area contributed by atoms with Crippen LogP contribution in [-0.4, -0.2) is 62.5 Å². The Labute approximate surface area is 573 Å². The number of rotatable bonds is 13. The van der Waals surface area contributed by atoms with E-state index in [1.807, 2.05) is 176 Å². The summed E-state index contributed by atoms with van der Waals surface area (Å²) in [6.07, 6.45) is 0. The van der Waals surface area contributed by atoms with Crippen LogP contribution in [0.2, 0.25) is 5.15 Å². The summed E-state index contributed by atoms with van der Waals surface area (Å²) in [6.45, 7) is 8.64. The van der Waals surface area contributed by atoms with E-state index in [9.17, 15) is 0 Å². The van der Waals surface area contributed by atoms with Gasteiger partial charge in [0.15, 0.2) is 34.9 Å². The fourth-order valence-corrected chi connectivity index (χ4v) is 11.9. The topological polar surface area (TPSA) is 158 Å². The van der Waals surface area contributed by atoms with Gasteiger partial charge in [-0.2, -0.15) is 0 Å². The first-order valence-electron chi connectivity index (χ1n) is 32.4. The molecule has 0 unspecified atom stereocenters. The number of nitrogens with zero attached hydrogens (tertiary/aromatic N) is 10. The van der Waals surface area contributed by atoms with Gasteiger partial charge in [-0.3, -0.25) is 9.97 Å². The first kappa shape index (κ1) is 63.4. The fourth-order valence-electron chi connectivity index (χ4n) is 11.7. The van der Waals surface area contributed by atoms with Gasteiger partial charge < -0.3 is 9.68 Å². The largest absolute Gasteiger partial charge is 0.569 e. The van der Waals surface area contributed by atoms with Crippen LogP contribution < -0.4 is 4.65 Å². The lowest BCUT2D eigenvalue weighted by Gasteiger charge is -2.14. The van der Waals surface area contributed by atoms with Crippen molar-refractivity contribution in [2.24, 2.45) is 0 Å². The first-order valence-corrected chi connectivity index (χ1v) is 32.8. The summed E-state index contributed by atoms with van der Waals surface area (Å²) in [6, 6.07) is 97.1. The summed E-state index contributed by atoms with van der Waals surface area (Å²) < 4.78 is 5.06. The van der Waals surface area contributed by atoms with E-state index in [1.165, 1.54) is 0 Å². The summed E-state index contributed by atoms with van der Waals surface area (Å²) in [5, 5.41) is 13.7. The lowest BCUT2D eigenvalue weighted by Crippen LogP contribution is -2.02. The highest BCUT2D eigenvalue weighted by atomic mass is 35.5. The van der Waals surface area contributed by atoms with Gasteiger partial charge in [0.05, 0.1) is 27.8 Å². The normalized spacial score (nSPS) is 11.1. The number of halogens is 1. The molecule has 1 radical (unpaired) electrons. The Morgan fingerprint density at radius 2 is 0.633 bits per heavy atom. The summed E-state index contributed by atoms with van der Waals surface area (Å²) in [4.78, 5) is 48.6. The van der Waals surface area contributed by atoms with E-state index >= 15 is 0 Å². The molecule has 0 saturated heterocycles. The van der Waals surface area contributed by atoms with Gasteiger partial charge in [-0.1, -0.05) is 288 Å².